The van der Waals surface area contributed by atoms with Crippen molar-refractivity contribution in [3.8, 4) is 0 Å². The van der Waals surface area contributed by atoms with E-state index in [0.29, 0.717) is 0 Å². The second-order valence-electron chi connectivity index (χ2n) is 12.5. The first kappa shape index (κ1) is 32.8. The van der Waals surface area contributed by atoms with Crippen molar-refractivity contribution in [2.45, 2.75) is 98.5 Å². The number of unbranched alkanes of at least 4 members (excludes halogenated alkanes) is 3. The van der Waals surface area contributed by atoms with E-state index in [1.807, 2.05) is 13.8 Å². The summed E-state index contributed by atoms with van der Waals surface area (Å²) in [6.45, 7) is 18.3. The van der Waals surface area contributed by atoms with Crippen LogP contribution in [0.5, 0.6) is 0 Å². The third-order valence-electron chi connectivity index (χ3n) is 9.22. The minimum absolute atomic E-state index is 0.264. The molecule has 9 nitrogen and oxygen atoms in total. The maximum atomic E-state index is 12.0. The molecular formula is C30H53N7O2SSn. The van der Waals surface area contributed by atoms with Gasteiger partial charge in [-0.05, 0) is 0 Å². The minimum atomic E-state index is -2.84. The molecule has 11 heteroatoms. The summed E-state index contributed by atoms with van der Waals surface area (Å²) >= 11 is -1.07. The molecule has 2 saturated heterocycles. The van der Waals surface area contributed by atoms with Gasteiger partial charge in [-0.25, -0.2) is 0 Å². The Morgan fingerprint density at radius 2 is 1.49 bits per heavy atom. The number of hydrogen-bond acceptors (Lipinski definition) is 9. The number of hydrogen-bond donors (Lipinski definition) is 1. The van der Waals surface area contributed by atoms with Gasteiger partial charge < -0.3 is 5.73 Å². The molecule has 0 aromatic carbocycles. The summed E-state index contributed by atoms with van der Waals surface area (Å²) in [5.74, 6) is 0.787. The number of piperazine rings is 1. The van der Waals surface area contributed by atoms with Crippen molar-refractivity contribution >= 4 is 55.6 Å². The van der Waals surface area contributed by atoms with E-state index in [9.17, 15) is 4.79 Å². The number of ether oxygens (including phenoxy) is 1. The van der Waals surface area contributed by atoms with Crippen LogP contribution in [0.3, 0.4) is 0 Å². The van der Waals surface area contributed by atoms with Crippen molar-refractivity contribution in [3.05, 3.63) is 5.01 Å². The van der Waals surface area contributed by atoms with Crippen LogP contribution < -0.4 is 14.5 Å². The summed E-state index contributed by atoms with van der Waals surface area (Å²) in [5.41, 5.74) is 6.04. The fraction of sp³-hybridized carbons (Fsp3) is 0.800. The topological polar surface area (TPSA) is 101 Å². The Labute approximate surface area is 255 Å². The third kappa shape index (κ3) is 7.90. The van der Waals surface area contributed by atoms with Crippen LogP contribution in [0.15, 0.2) is 0 Å². The normalized spacial score (nSPS) is 17.9. The number of anilines is 1. The van der Waals surface area contributed by atoms with E-state index in [-0.39, 0.29) is 5.91 Å². The van der Waals surface area contributed by atoms with Crippen molar-refractivity contribution in [1.29, 1.82) is 0 Å². The quantitative estimate of drug-likeness (QED) is 0.275. The zero-order valence-corrected chi connectivity index (χ0v) is 29.9. The molecular weight excluding hydrogens is 641 g/mol. The molecule has 0 radical (unpaired) electrons. The van der Waals surface area contributed by atoms with Gasteiger partial charge in [0.25, 0.3) is 0 Å². The van der Waals surface area contributed by atoms with Gasteiger partial charge in [0.2, 0.25) is 0 Å². The van der Waals surface area contributed by atoms with Gasteiger partial charge >= 0.3 is 246 Å². The summed E-state index contributed by atoms with van der Waals surface area (Å²) < 4.78 is 11.0. The van der Waals surface area contributed by atoms with Gasteiger partial charge in [-0.1, -0.05) is 0 Å². The number of aromatic nitrogens is 3. The Morgan fingerprint density at radius 1 is 0.902 bits per heavy atom. The average Bonchev–Trinajstić information content (AvgIpc) is 3.39. The summed E-state index contributed by atoms with van der Waals surface area (Å²) in [7, 11) is 0. The molecule has 0 aliphatic carbocycles. The summed E-state index contributed by atoms with van der Waals surface area (Å²) in [6, 6.07) is 0. The molecule has 41 heavy (non-hydrogen) atoms. The van der Waals surface area contributed by atoms with Gasteiger partial charge in [0.05, 0.1) is 0 Å². The van der Waals surface area contributed by atoms with Crippen LogP contribution in [0, 0.1) is 0 Å². The van der Waals surface area contributed by atoms with Crippen LogP contribution in [0.1, 0.15) is 78.2 Å². The molecule has 2 fully saturated rings. The zero-order valence-electron chi connectivity index (χ0n) is 26.2. The first-order chi connectivity index (χ1) is 19.7. The number of rotatable bonds is 15. The molecule has 4 rings (SSSR count). The van der Waals surface area contributed by atoms with Crippen LogP contribution in [0.25, 0.3) is 10.3 Å². The van der Waals surface area contributed by atoms with Crippen molar-refractivity contribution in [3.63, 3.8) is 0 Å². The average molecular weight is 695 g/mol. The number of fused-ring (bicyclic) bond motifs is 1. The first-order valence-corrected chi connectivity index (χ1v) is 24.3. The van der Waals surface area contributed by atoms with Crippen molar-refractivity contribution in [2.75, 3.05) is 57.4 Å². The summed E-state index contributed by atoms with van der Waals surface area (Å²) in [6.07, 6.45) is 7.61. The fourth-order valence-electron chi connectivity index (χ4n) is 6.22. The third-order valence-corrected chi connectivity index (χ3v) is 24.7. The molecule has 2 aliphatic heterocycles. The predicted molar refractivity (Wildman–Crippen MR) is 173 cm³/mol. The standard InChI is InChI=1S/C18H26N7O2S.3C4H9.Sn/c1-18(2,17(19)26)25-5-3-23(4-6-25)11-13-22-14-15(20-12-21-16(14)28-13)24-7-9-27-10-8-24;3*1-3-4-2;/h3-11H2,1-2H3,(H2,19,26);3*1,3-4H2,2H3;. The summed E-state index contributed by atoms with van der Waals surface area (Å²) in [5, 5.41) is 1.11. The Hall–Kier alpha value is -1.08. The Morgan fingerprint density at radius 3 is 2.02 bits per heavy atom. The number of nitrogens with two attached hydrogens (primary N) is 1. The Bertz CT molecular complexity index is 1110. The molecule has 0 unspecified atom stereocenters. The van der Waals surface area contributed by atoms with Crippen molar-refractivity contribution in [1.82, 2.24) is 24.8 Å². The second-order valence-corrected chi connectivity index (χ2v) is 26.4. The number of carbonyl (C=O) groups excluding carboxylic acids is 1. The van der Waals surface area contributed by atoms with E-state index >= 15 is 0 Å². The predicted octanol–water partition coefficient (Wildman–Crippen LogP) is 4.36. The van der Waals surface area contributed by atoms with Crippen LogP contribution in [-0.2, 0) is 16.1 Å². The molecule has 2 aromatic heterocycles. The Balaban J connectivity index is 1.66. The molecule has 0 atom stereocenters. The number of nitrogens with zero attached hydrogens (tertiary/aromatic N) is 6. The molecule has 2 N–H and O–H groups in total. The molecule has 230 valence electrons. The van der Waals surface area contributed by atoms with Crippen molar-refractivity contribution in [2.24, 2.45) is 5.73 Å². The number of carbonyl (C=O) groups is 1. The monoisotopic (exact) mass is 695 g/mol. The van der Waals surface area contributed by atoms with E-state index in [2.05, 4.69) is 35.5 Å². The van der Waals surface area contributed by atoms with Crippen LogP contribution in [0.2, 0.25) is 13.3 Å². The van der Waals surface area contributed by atoms with Gasteiger partial charge in [0, 0.05) is 0 Å². The molecule has 0 spiro atoms. The van der Waals surface area contributed by atoms with Gasteiger partial charge in [-0.15, -0.1) is 0 Å². The molecule has 0 bridgehead atoms. The second kappa shape index (κ2) is 15.1. The van der Waals surface area contributed by atoms with Crippen LogP contribution >= 0.6 is 11.3 Å². The Kier molecular flexibility index (Phi) is 12.1. The van der Waals surface area contributed by atoms with Crippen LogP contribution in [0.4, 0.5) is 5.82 Å². The van der Waals surface area contributed by atoms with E-state index < -0.39 is 23.9 Å². The number of morpholine rings is 1. The van der Waals surface area contributed by atoms with Gasteiger partial charge in [0.1, 0.15) is 0 Å². The van der Waals surface area contributed by atoms with Gasteiger partial charge in [0.15, 0.2) is 0 Å². The molecule has 1 amide bonds. The molecule has 0 saturated carbocycles. The first-order valence-electron chi connectivity index (χ1n) is 16.0. The van der Waals surface area contributed by atoms with E-state index in [4.69, 9.17) is 25.4 Å². The number of thiazole rings is 1. The van der Waals surface area contributed by atoms with E-state index in [0.717, 1.165) is 80.2 Å². The molecule has 2 aliphatic rings. The molecule has 2 aromatic rings. The maximum absolute atomic E-state index is 12.0. The van der Waals surface area contributed by atoms with E-state index in [1.165, 1.54) is 55.7 Å². The van der Waals surface area contributed by atoms with Gasteiger partial charge in [-0.3, -0.25) is 4.79 Å². The van der Waals surface area contributed by atoms with Gasteiger partial charge in [-0.2, -0.15) is 0 Å². The fourth-order valence-corrected chi connectivity index (χ4v) is 22.3. The summed E-state index contributed by atoms with van der Waals surface area (Å²) in [4.78, 5) is 36.2. The zero-order chi connectivity index (χ0) is 29.5. The SMILES string of the molecule is CCC[CH2][Sn]([CH2]CCC)([CH2]CCC)[c]1nc(N2CCOCC2)c2nc(CN3CCN(C(C)(C)C(N)=O)CC3)sc2n1. The number of amides is 1. The number of primary amides is 1. The molecule has 4 heterocycles. The van der Waals surface area contributed by atoms with E-state index in [1.54, 1.807) is 11.3 Å². The van der Waals surface area contributed by atoms with Crippen LogP contribution in [-0.4, -0.2) is 107 Å². The van der Waals surface area contributed by atoms with Crippen molar-refractivity contribution < 1.29 is 9.53 Å².